The van der Waals surface area contributed by atoms with Gasteiger partial charge in [-0.2, -0.15) is 0 Å². The van der Waals surface area contributed by atoms with Gasteiger partial charge >= 0.3 is 12.0 Å². The maximum Gasteiger partial charge on any atom is 0.337 e. The second-order valence-corrected chi connectivity index (χ2v) is 7.27. The summed E-state index contributed by atoms with van der Waals surface area (Å²) in [6.07, 6.45) is 1.26. The summed E-state index contributed by atoms with van der Waals surface area (Å²) < 4.78 is 21.0. The summed E-state index contributed by atoms with van der Waals surface area (Å²) in [5.74, 6) is -0.557. The van der Waals surface area contributed by atoms with Crippen LogP contribution in [0.2, 0.25) is 0 Å². The molecule has 34 heavy (non-hydrogen) atoms. The normalized spacial score (nSPS) is 16.1. The van der Waals surface area contributed by atoms with E-state index < -0.39 is 23.8 Å². The van der Waals surface area contributed by atoms with Crippen LogP contribution in [0.5, 0.6) is 11.5 Å². The van der Waals surface area contributed by atoms with E-state index in [0.717, 1.165) is 4.90 Å². The molecule has 1 saturated heterocycles. The molecule has 170 valence electrons. The molecule has 10 nitrogen and oxygen atoms in total. The molecule has 2 aliphatic rings. The van der Waals surface area contributed by atoms with Crippen LogP contribution >= 0.6 is 0 Å². The molecule has 3 heterocycles. The minimum atomic E-state index is -0.878. The Labute approximate surface area is 192 Å². The molecule has 0 aliphatic carbocycles. The summed E-state index contributed by atoms with van der Waals surface area (Å²) in [5, 5.41) is 2.16. The van der Waals surface area contributed by atoms with Crippen molar-refractivity contribution in [1.82, 2.24) is 5.32 Å². The Balaban J connectivity index is 1.42. The van der Waals surface area contributed by atoms with Gasteiger partial charge in [0.25, 0.3) is 11.8 Å². The molecule has 0 unspecified atom stereocenters. The predicted molar refractivity (Wildman–Crippen MR) is 117 cm³/mol. The van der Waals surface area contributed by atoms with Crippen molar-refractivity contribution in [3.8, 4) is 22.8 Å². The van der Waals surface area contributed by atoms with Crippen molar-refractivity contribution in [3.63, 3.8) is 0 Å². The van der Waals surface area contributed by atoms with E-state index in [4.69, 9.17) is 13.9 Å². The number of carbonyl (C=O) groups is 4. The minimum absolute atomic E-state index is 0.0365. The molecule has 0 atom stereocenters. The fraction of sp³-hybridized carbons (Fsp3) is 0.0833. The van der Waals surface area contributed by atoms with Gasteiger partial charge in [0.15, 0.2) is 11.5 Å². The number of nitrogens with zero attached hydrogens (tertiary/aromatic N) is 1. The summed E-state index contributed by atoms with van der Waals surface area (Å²) >= 11 is 0. The van der Waals surface area contributed by atoms with Crippen LogP contribution in [0.15, 0.2) is 64.6 Å². The largest absolute Gasteiger partial charge is 0.465 e. The van der Waals surface area contributed by atoms with E-state index in [1.165, 1.54) is 25.3 Å². The van der Waals surface area contributed by atoms with Crippen LogP contribution in [-0.2, 0) is 14.3 Å². The van der Waals surface area contributed by atoms with Crippen molar-refractivity contribution in [3.05, 3.63) is 71.5 Å². The zero-order valence-corrected chi connectivity index (χ0v) is 17.7. The van der Waals surface area contributed by atoms with E-state index in [1.54, 1.807) is 42.5 Å². The van der Waals surface area contributed by atoms with E-state index in [0.29, 0.717) is 28.4 Å². The Morgan fingerprint density at radius 2 is 1.76 bits per heavy atom. The van der Waals surface area contributed by atoms with Gasteiger partial charge in [0, 0.05) is 11.6 Å². The Bertz CT molecular complexity index is 1370. The van der Waals surface area contributed by atoms with Gasteiger partial charge in [-0.05, 0) is 42.5 Å². The van der Waals surface area contributed by atoms with E-state index in [-0.39, 0.29) is 23.8 Å². The lowest BCUT2D eigenvalue weighted by molar-refractivity contribution is -0.122. The van der Waals surface area contributed by atoms with Crippen molar-refractivity contribution < 1.29 is 37.8 Å². The summed E-state index contributed by atoms with van der Waals surface area (Å²) in [5.41, 5.74) is 1.00. The monoisotopic (exact) mass is 460 g/mol. The number of anilines is 1. The average molecular weight is 460 g/mol. The first-order chi connectivity index (χ1) is 16.4. The molecule has 0 saturated carbocycles. The quantitative estimate of drug-likeness (QED) is 0.358. The maximum absolute atomic E-state index is 13.1. The number of nitrogens with one attached hydrogen (secondary N) is 1. The van der Waals surface area contributed by atoms with Crippen molar-refractivity contribution in [2.75, 3.05) is 18.8 Å². The number of imide groups is 2. The van der Waals surface area contributed by atoms with Crippen LogP contribution in [0, 0.1) is 0 Å². The zero-order chi connectivity index (χ0) is 23.8. The van der Waals surface area contributed by atoms with Crippen molar-refractivity contribution >= 4 is 35.6 Å². The van der Waals surface area contributed by atoms with Gasteiger partial charge in [-0.1, -0.05) is 12.1 Å². The number of furan rings is 1. The Morgan fingerprint density at radius 3 is 2.53 bits per heavy atom. The highest BCUT2D eigenvalue weighted by molar-refractivity contribution is 6.39. The third kappa shape index (κ3) is 3.66. The molecule has 2 aromatic carbocycles. The molecule has 3 aromatic rings. The van der Waals surface area contributed by atoms with Crippen molar-refractivity contribution in [1.29, 1.82) is 0 Å². The summed E-state index contributed by atoms with van der Waals surface area (Å²) in [4.78, 5) is 50.3. The lowest BCUT2D eigenvalue weighted by Gasteiger charge is -2.26. The highest BCUT2D eigenvalue weighted by Crippen LogP contribution is 2.36. The van der Waals surface area contributed by atoms with Crippen LogP contribution < -0.4 is 19.7 Å². The molecule has 1 fully saturated rings. The van der Waals surface area contributed by atoms with Crippen molar-refractivity contribution in [2.45, 2.75) is 0 Å². The van der Waals surface area contributed by atoms with Gasteiger partial charge in [-0.3, -0.25) is 14.9 Å². The van der Waals surface area contributed by atoms with Crippen LogP contribution in [0.1, 0.15) is 16.1 Å². The molecule has 2 aliphatic heterocycles. The Hall–Kier alpha value is -4.86. The molecular formula is C24H16N2O8. The van der Waals surface area contributed by atoms with Crippen LogP contribution in [0.4, 0.5) is 10.5 Å². The third-order valence-corrected chi connectivity index (χ3v) is 5.22. The number of methoxy groups -OCH3 is 1. The lowest BCUT2D eigenvalue weighted by atomic mass is 10.1. The minimum Gasteiger partial charge on any atom is -0.465 e. The average Bonchev–Trinajstić information content (AvgIpc) is 3.50. The first kappa shape index (κ1) is 21.0. The number of fused-ring (bicyclic) bond motifs is 1. The number of urea groups is 1. The SMILES string of the molecule is COC(=O)c1ccc(-c2ccc(C=C3C(=O)NC(=O)N(c4ccc5c(c4)OCO5)C3=O)o2)cc1. The smallest absolute Gasteiger partial charge is 0.337 e. The van der Waals surface area contributed by atoms with Gasteiger partial charge < -0.3 is 18.6 Å². The molecule has 1 N–H and O–H groups in total. The molecule has 0 bridgehead atoms. The van der Waals surface area contributed by atoms with Crippen LogP contribution in [0.25, 0.3) is 17.4 Å². The number of ether oxygens (including phenoxy) is 3. The second-order valence-electron chi connectivity index (χ2n) is 7.27. The van der Waals surface area contributed by atoms with Crippen molar-refractivity contribution in [2.24, 2.45) is 0 Å². The first-order valence-corrected chi connectivity index (χ1v) is 10.0. The number of barbiturate groups is 1. The first-order valence-electron chi connectivity index (χ1n) is 10.0. The standard InChI is InChI=1S/C24H16N2O8/c1-31-23(29)14-4-2-13(3-5-14)18-9-7-16(34-18)11-17-21(27)25-24(30)26(22(17)28)15-6-8-19-20(10-15)33-12-32-19/h2-11H,12H2,1H3,(H,25,27,30). The summed E-state index contributed by atoms with van der Waals surface area (Å²) in [6, 6.07) is 13.5. The predicted octanol–water partition coefficient (Wildman–Crippen LogP) is 3.13. The van der Waals surface area contributed by atoms with E-state index in [1.807, 2.05) is 0 Å². The molecule has 0 spiro atoms. The van der Waals surface area contributed by atoms with Gasteiger partial charge in [-0.15, -0.1) is 0 Å². The highest BCUT2D eigenvalue weighted by Gasteiger charge is 2.37. The van der Waals surface area contributed by atoms with Gasteiger partial charge in [0.1, 0.15) is 17.1 Å². The Morgan fingerprint density at radius 1 is 1.00 bits per heavy atom. The Kier molecular flexibility index (Phi) is 5.09. The number of amides is 4. The van der Waals surface area contributed by atoms with Crippen LogP contribution in [0.3, 0.4) is 0 Å². The summed E-state index contributed by atoms with van der Waals surface area (Å²) in [6.45, 7) is 0.0365. The maximum atomic E-state index is 13.1. The molecule has 10 heteroatoms. The number of benzene rings is 2. The number of carbonyl (C=O) groups excluding carboxylic acids is 4. The number of hydrogen-bond acceptors (Lipinski definition) is 8. The lowest BCUT2D eigenvalue weighted by Crippen LogP contribution is -2.54. The molecular weight excluding hydrogens is 444 g/mol. The number of esters is 1. The highest BCUT2D eigenvalue weighted by atomic mass is 16.7. The van der Waals surface area contributed by atoms with E-state index >= 15 is 0 Å². The third-order valence-electron chi connectivity index (χ3n) is 5.22. The van der Waals surface area contributed by atoms with Gasteiger partial charge in [0.2, 0.25) is 6.79 Å². The van der Waals surface area contributed by atoms with E-state index in [9.17, 15) is 19.2 Å². The molecule has 5 rings (SSSR count). The van der Waals surface area contributed by atoms with Gasteiger partial charge in [0.05, 0.1) is 18.4 Å². The summed E-state index contributed by atoms with van der Waals surface area (Å²) in [7, 11) is 1.30. The fourth-order valence-corrected chi connectivity index (χ4v) is 3.53. The van der Waals surface area contributed by atoms with Gasteiger partial charge in [-0.25, -0.2) is 14.5 Å². The number of rotatable bonds is 4. The molecule has 1 aromatic heterocycles. The molecule has 0 radical (unpaired) electrons. The van der Waals surface area contributed by atoms with E-state index in [2.05, 4.69) is 10.1 Å². The second kappa shape index (κ2) is 8.24. The fourth-order valence-electron chi connectivity index (χ4n) is 3.53. The zero-order valence-electron chi connectivity index (χ0n) is 17.7. The number of hydrogen-bond donors (Lipinski definition) is 1. The molecule has 4 amide bonds. The topological polar surface area (TPSA) is 124 Å². The van der Waals surface area contributed by atoms with Crippen LogP contribution in [-0.4, -0.2) is 37.7 Å².